The lowest BCUT2D eigenvalue weighted by molar-refractivity contribution is -0.0255. The predicted octanol–water partition coefficient (Wildman–Crippen LogP) is 1.92. The second-order valence-corrected chi connectivity index (χ2v) is 6.47. The number of hydrogen-bond donors (Lipinski definition) is 0. The average Bonchev–Trinajstić information content (AvgIpc) is 3.06. The molecule has 0 N–H and O–H groups in total. The van der Waals surface area contributed by atoms with Gasteiger partial charge < -0.3 is 19.0 Å². The fourth-order valence-electron chi connectivity index (χ4n) is 2.92. The van der Waals surface area contributed by atoms with Crippen LogP contribution < -0.4 is 4.90 Å². The number of anilines is 1. The molecule has 7 nitrogen and oxygen atoms in total. The summed E-state index contributed by atoms with van der Waals surface area (Å²) in [6.45, 7) is 3.48. The van der Waals surface area contributed by atoms with Gasteiger partial charge in [-0.25, -0.2) is 9.97 Å². The molecule has 0 bridgehead atoms. The Morgan fingerprint density at radius 1 is 1.40 bits per heavy atom. The third kappa shape index (κ3) is 4.17. The van der Waals surface area contributed by atoms with E-state index >= 15 is 0 Å². The van der Waals surface area contributed by atoms with Gasteiger partial charge in [-0.1, -0.05) is 0 Å². The van der Waals surface area contributed by atoms with Crippen molar-refractivity contribution in [1.29, 1.82) is 0 Å². The van der Waals surface area contributed by atoms with Gasteiger partial charge in [0.1, 0.15) is 5.82 Å². The minimum absolute atomic E-state index is 0.0249. The summed E-state index contributed by atoms with van der Waals surface area (Å²) in [5, 5.41) is 0. The van der Waals surface area contributed by atoms with E-state index in [1.165, 1.54) is 12.0 Å². The highest BCUT2D eigenvalue weighted by Gasteiger charge is 2.27. The molecule has 3 rings (SSSR count). The number of pyridine rings is 1. The number of nitrogens with zero attached hydrogens (tertiary/aromatic N) is 4. The largest absolute Gasteiger partial charge is 0.438 e. The molecule has 3 heterocycles. The molecule has 0 spiro atoms. The molecule has 1 atom stereocenters. The molecule has 134 valence electrons. The predicted molar refractivity (Wildman–Crippen MR) is 93.8 cm³/mol. The number of ether oxygens (including phenoxy) is 1. The van der Waals surface area contributed by atoms with Crippen LogP contribution >= 0.6 is 0 Å². The van der Waals surface area contributed by atoms with Crippen LogP contribution in [0.4, 0.5) is 5.82 Å². The highest BCUT2D eigenvalue weighted by molar-refractivity contribution is 5.92. The molecule has 0 saturated carbocycles. The molecule has 0 radical (unpaired) electrons. The van der Waals surface area contributed by atoms with Crippen LogP contribution in [0.15, 0.2) is 29.1 Å². The summed E-state index contributed by atoms with van der Waals surface area (Å²) in [4.78, 5) is 24.6. The lowest BCUT2D eigenvalue weighted by atomic mass is 10.1. The van der Waals surface area contributed by atoms with Crippen molar-refractivity contribution in [2.45, 2.75) is 25.9 Å². The average molecular weight is 344 g/mol. The fourth-order valence-corrected chi connectivity index (χ4v) is 2.92. The Balaban J connectivity index is 1.58. The monoisotopic (exact) mass is 344 g/mol. The standard InChI is InChI=1S/C18H24N4O3/c1-13-17(25-12-20-13)18(23)22-8-9-24-15(11-22)5-4-14-6-7-19-16(10-14)21(2)3/h6-7,10,12,15H,4-5,8-9,11H2,1-3H3. The maximum atomic E-state index is 12.5. The van der Waals surface area contributed by atoms with Crippen molar-refractivity contribution in [3.8, 4) is 0 Å². The molecule has 2 aromatic heterocycles. The molecule has 7 heteroatoms. The summed E-state index contributed by atoms with van der Waals surface area (Å²) >= 11 is 0. The summed E-state index contributed by atoms with van der Waals surface area (Å²) in [5.41, 5.74) is 1.85. The molecular weight excluding hydrogens is 320 g/mol. The van der Waals surface area contributed by atoms with Gasteiger partial charge in [0, 0.05) is 33.4 Å². The number of amides is 1. The van der Waals surface area contributed by atoms with Crippen LogP contribution in [0.5, 0.6) is 0 Å². The van der Waals surface area contributed by atoms with Crippen molar-refractivity contribution in [2.24, 2.45) is 0 Å². The molecule has 2 aromatic rings. The first-order valence-electron chi connectivity index (χ1n) is 8.48. The number of morpholine rings is 1. The van der Waals surface area contributed by atoms with E-state index in [1.807, 2.05) is 31.3 Å². The zero-order valence-corrected chi connectivity index (χ0v) is 14.9. The molecule has 0 aliphatic carbocycles. The van der Waals surface area contributed by atoms with E-state index in [9.17, 15) is 4.79 Å². The minimum atomic E-state index is -0.109. The van der Waals surface area contributed by atoms with Gasteiger partial charge in [-0.05, 0) is 37.5 Å². The van der Waals surface area contributed by atoms with Gasteiger partial charge >= 0.3 is 0 Å². The maximum Gasteiger partial charge on any atom is 0.291 e. The first-order valence-corrected chi connectivity index (χ1v) is 8.48. The molecule has 1 amide bonds. The third-order valence-corrected chi connectivity index (χ3v) is 4.39. The van der Waals surface area contributed by atoms with Crippen molar-refractivity contribution in [3.63, 3.8) is 0 Å². The van der Waals surface area contributed by atoms with E-state index in [0.29, 0.717) is 31.2 Å². The quantitative estimate of drug-likeness (QED) is 0.825. The van der Waals surface area contributed by atoms with E-state index in [4.69, 9.17) is 9.15 Å². The third-order valence-electron chi connectivity index (χ3n) is 4.39. The summed E-state index contributed by atoms with van der Waals surface area (Å²) in [5.74, 6) is 1.16. The van der Waals surface area contributed by atoms with Gasteiger partial charge in [-0.15, -0.1) is 0 Å². The Labute approximate surface area is 147 Å². The highest BCUT2D eigenvalue weighted by atomic mass is 16.5. The molecule has 25 heavy (non-hydrogen) atoms. The molecule has 1 aliphatic rings. The molecular formula is C18H24N4O3. The summed E-state index contributed by atoms with van der Waals surface area (Å²) < 4.78 is 11.1. The van der Waals surface area contributed by atoms with Gasteiger partial charge in [-0.2, -0.15) is 0 Å². The van der Waals surface area contributed by atoms with E-state index < -0.39 is 0 Å². The van der Waals surface area contributed by atoms with Crippen LogP contribution in [0, 0.1) is 6.92 Å². The van der Waals surface area contributed by atoms with E-state index in [0.717, 1.165) is 18.7 Å². The summed E-state index contributed by atoms with van der Waals surface area (Å²) in [7, 11) is 3.96. The minimum Gasteiger partial charge on any atom is -0.438 e. The lowest BCUT2D eigenvalue weighted by Gasteiger charge is -2.32. The Kier molecular flexibility index (Phi) is 5.33. The van der Waals surface area contributed by atoms with Gasteiger partial charge in [0.05, 0.1) is 18.4 Å². The first kappa shape index (κ1) is 17.4. The smallest absolute Gasteiger partial charge is 0.291 e. The van der Waals surface area contributed by atoms with Gasteiger partial charge in [0.25, 0.3) is 5.91 Å². The van der Waals surface area contributed by atoms with Crippen LogP contribution in [0.2, 0.25) is 0 Å². The van der Waals surface area contributed by atoms with Crippen LogP contribution in [0.25, 0.3) is 0 Å². The summed E-state index contributed by atoms with van der Waals surface area (Å²) in [6.07, 6.45) is 4.91. The lowest BCUT2D eigenvalue weighted by Crippen LogP contribution is -2.45. The SMILES string of the molecule is Cc1ncoc1C(=O)N1CCOC(CCc2ccnc(N(C)C)c2)C1. The number of oxazole rings is 1. The number of carbonyl (C=O) groups is 1. The van der Waals surface area contributed by atoms with Crippen LogP contribution in [-0.2, 0) is 11.2 Å². The van der Waals surface area contributed by atoms with Crippen LogP contribution in [-0.4, -0.2) is 60.7 Å². The highest BCUT2D eigenvalue weighted by Crippen LogP contribution is 2.17. The van der Waals surface area contributed by atoms with Gasteiger partial charge in [0.15, 0.2) is 6.39 Å². The zero-order valence-electron chi connectivity index (χ0n) is 14.9. The number of aromatic nitrogens is 2. The van der Waals surface area contributed by atoms with Crippen LogP contribution in [0.1, 0.15) is 28.2 Å². The van der Waals surface area contributed by atoms with Gasteiger partial charge in [-0.3, -0.25) is 4.79 Å². The van der Waals surface area contributed by atoms with Crippen molar-refractivity contribution >= 4 is 11.7 Å². The van der Waals surface area contributed by atoms with Crippen molar-refractivity contribution in [3.05, 3.63) is 41.7 Å². The fraction of sp³-hybridized carbons (Fsp3) is 0.500. The molecule has 1 unspecified atom stereocenters. The van der Waals surface area contributed by atoms with Gasteiger partial charge in [0.2, 0.25) is 5.76 Å². The number of carbonyl (C=O) groups excluding carboxylic acids is 1. The maximum absolute atomic E-state index is 12.5. The molecule has 1 fully saturated rings. The van der Waals surface area contributed by atoms with E-state index in [2.05, 4.69) is 16.0 Å². The number of rotatable bonds is 5. The topological polar surface area (TPSA) is 71.7 Å². The summed E-state index contributed by atoms with van der Waals surface area (Å²) in [6, 6.07) is 4.11. The zero-order chi connectivity index (χ0) is 17.8. The van der Waals surface area contributed by atoms with Crippen molar-refractivity contribution in [2.75, 3.05) is 38.7 Å². The molecule has 0 aromatic carbocycles. The number of aryl methyl sites for hydroxylation is 2. The van der Waals surface area contributed by atoms with E-state index in [1.54, 1.807) is 11.8 Å². The second kappa shape index (κ2) is 7.65. The molecule has 1 saturated heterocycles. The van der Waals surface area contributed by atoms with E-state index in [-0.39, 0.29) is 12.0 Å². The van der Waals surface area contributed by atoms with Crippen LogP contribution in [0.3, 0.4) is 0 Å². The Hall–Kier alpha value is -2.41. The first-order chi connectivity index (χ1) is 12.0. The molecule has 1 aliphatic heterocycles. The Morgan fingerprint density at radius 2 is 2.24 bits per heavy atom. The Bertz CT molecular complexity index is 729. The number of hydrogen-bond acceptors (Lipinski definition) is 6. The second-order valence-electron chi connectivity index (χ2n) is 6.47. The normalized spacial score (nSPS) is 17.6. The Morgan fingerprint density at radius 3 is 2.96 bits per heavy atom. The van der Waals surface area contributed by atoms with Crippen molar-refractivity contribution < 1.29 is 13.9 Å². The van der Waals surface area contributed by atoms with Crippen molar-refractivity contribution in [1.82, 2.24) is 14.9 Å².